The number of hydrogen-bond donors (Lipinski definition) is 1. The molecule has 1 aromatic heterocycles. The number of piperazine rings is 1. The van der Waals surface area contributed by atoms with Crippen LogP contribution in [0.4, 0.5) is 24.7 Å². The first-order valence-corrected chi connectivity index (χ1v) is 8.65. The molecule has 0 saturated carbocycles. The average Bonchev–Trinajstić information content (AvgIpc) is 2.68. The molecule has 0 bridgehead atoms. The molecule has 0 aliphatic carbocycles. The smallest absolute Gasteiger partial charge is 0.339 e. The number of hydrogen-bond acceptors (Lipinski definition) is 5. The molecule has 1 amide bonds. The number of nitrogens with one attached hydrogen (secondary N) is 1. The molecule has 1 fully saturated rings. The number of aromatic nitrogens is 2. The van der Waals surface area contributed by atoms with Gasteiger partial charge in [0, 0.05) is 31.9 Å². The van der Waals surface area contributed by atoms with Gasteiger partial charge in [-0.15, -0.1) is 0 Å². The minimum atomic E-state index is -4.37. The Morgan fingerprint density at radius 2 is 1.74 bits per heavy atom. The summed E-state index contributed by atoms with van der Waals surface area (Å²) in [6, 6.07) is 4.61. The Balaban J connectivity index is 1.61. The number of likely N-dealkylation sites (N-methyl/N-ethyl adjacent to an activating group) is 1. The fourth-order valence-electron chi connectivity index (χ4n) is 2.82. The Morgan fingerprint density at radius 1 is 1.07 bits per heavy atom. The summed E-state index contributed by atoms with van der Waals surface area (Å²) in [5.74, 6) is 0.182. The van der Waals surface area contributed by atoms with Crippen LogP contribution in [-0.4, -0.2) is 58.4 Å². The summed E-state index contributed by atoms with van der Waals surface area (Å²) < 4.78 is 37.7. The van der Waals surface area contributed by atoms with Gasteiger partial charge in [0.2, 0.25) is 0 Å². The normalized spacial score (nSPS) is 15.6. The van der Waals surface area contributed by atoms with Gasteiger partial charge in [-0.1, -0.05) is 6.92 Å². The summed E-state index contributed by atoms with van der Waals surface area (Å²) in [5.41, 5.74) is -0.0202. The van der Waals surface area contributed by atoms with Crippen molar-refractivity contribution in [2.45, 2.75) is 13.1 Å². The predicted molar refractivity (Wildman–Crippen MR) is 94.8 cm³/mol. The Morgan fingerprint density at radius 3 is 2.26 bits per heavy atom. The third-order valence-corrected chi connectivity index (χ3v) is 4.46. The summed E-state index contributed by atoms with van der Waals surface area (Å²) in [4.78, 5) is 24.8. The minimum Gasteiger partial charge on any atom is -0.339 e. The molecule has 1 aliphatic rings. The van der Waals surface area contributed by atoms with Gasteiger partial charge in [-0.25, -0.2) is 9.97 Å². The van der Waals surface area contributed by atoms with Crippen molar-refractivity contribution in [1.82, 2.24) is 19.8 Å². The molecule has 1 aromatic carbocycles. The first-order valence-electron chi connectivity index (χ1n) is 8.65. The van der Waals surface area contributed by atoms with Crippen molar-refractivity contribution in [3.05, 3.63) is 47.9 Å². The quantitative estimate of drug-likeness (QED) is 0.885. The molecule has 1 saturated heterocycles. The largest absolute Gasteiger partial charge is 0.416 e. The van der Waals surface area contributed by atoms with E-state index < -0.39 is 11.7 Å². The summed E-state index contributed by atoms with van der Waals surface area (Å²) >= 11 is 0. The molecule has 27 heavy (non-hydrogen) atoms. The van der Waals surface area contributed by atoms with Crippen LogP contribution >= 0.6 is 0 Å². The summed E-state index contributed by atoms with van der Waals surface area (Å²) in [7, 11) is 0. The lowest BCUT2D eigenvalue weighted by atomic mass is 10.2. The zero-order valence-electron chi connectivity index (χ0n) is 14.8. The maximum absolute atomic E-state index is 12.6. The van der Waals surface area contributed by atoms with Crippen molar-refractivity contribution >= 4 is 17.4 Å². The van der Waals surface area contributed by atoms with Gasteiger partial charge in [-0.2, -0.15) is 13.2 Å². The van der Waals surface area contributed by atoms with Crippen molar-refractivity contribution in [2.75, 3.05) is 38.0 Å². The fourth-order valence-corrected chi connectivity index (χ4v) is 2.82. The number of rotatable bonds is 4. The van der Waals surface area contributed by atoms with E-state index in [-0.39, 0.29) is 11.6 Å². The highest BCUT2D eigenvalue weighted by Gasteiger charge is 2.30. The van der Waals surface area contributed by atoms with Crippen molar-refractivity contribution in [2.24, 2.45) is 0 Å². The molecule has 0 spiro atoms. The van der Waals surface area contributed by atoms with E-state index in [0.29, 0.717) is 24.6 Å². The molecule has 2 aromatic rings. The van der Waals surface area contributed by atoms with E-state index in [9.17, 15) is 18.0 Å². The summed E-state index contributed by atoms with van der Waals surface area (Å²) in [6.45, 7) is 6.03. The molecule has 0 atom stereocenters. The van der Waals surface area contributed by atoms with E-state index in [1.165, 1.54) is 24.5 Å². The summed E-state index contributed by atoms with van der Waals surface area (Å²) in [5, 5.41) is 2.87. The van der Waals surface area contributed by atoms with E-state index in [4.69, 9.17) is 0 Å². The van der Waals surface area contributed by atoms with Crippen molar-refractivity contribution in [3.8, 4) is 0 Å². The standard InChI is InChI=1S/C18H20F3N5O/c1-2-25-7-9-26(10-8-25)17(27)15-11-23-16(12-22-15)24-14-5-3-13(4-6-14)18(19,20)21/h3-6,11-12H,2,7-10H2,1H3,(H,23,24). The molecule has 9 heteroatoms. The maximum atomic E-state index is 12.6. The number of carbonyl (C=O) groups is 1. The molecule has 2 heterocycles. The molecular formula is C18H20F3N5O. The first kappa shape index (κ1) is 19.1. The SMILES string of the molecule is CCN1CCN(C(=O)c2cnc(Nc3ccc(C(F)(F)F)cc3)cn2)CC1. The lowest BCUT2D eigenvalue weighted by Gasteiger charge is -2.33. The second kappa shape index (κ2) is 7.91. The number of carbonyl (C=O) groups excluding carboxylic acids is 1. The number of halogens is 3. The van der Waals surface area contributed by atoms with Crippen LogP contribution in [0.25, 0.3) is 0 Å². The zero-order chi connectivity index (χ0) is 19.4. The van der Waals surface area contributed by atoms with Crippen LogP contribution in [0.1, 0.15) is 23.0 Å². The average molecular weight is 379 g/mol. The number of anilines is 2. The van der Waals surface area contributed by atoms with Gasteiger partial charge in [-0.05, 0) is 30.8 Å². The van der Waals surface area contributed by atoms with Crippen LogP contribution in [0.2, 0.25) is 0 Å². The van der Waals surface area contributed by atoms with E-state index in [2.05, 4.69) is 27.1 Å². The maximum Gasteiger partial charge on any atom is 0.416 e. The molecule has 3 rings (SSSR count). The summed E-state index contributed by atoms with van der Waals surface area (Å²) in [6.07, 6.45) is -1.60. The number of nitrogens with zero attached hydrogens (tertiary/aromatic N) is 4. The molecule has 144 valence electrons. The Labute approximate surface area is 155 Å². The van der Waals surface area contributed by atoms with Crippen molar-refractivity contribution < 1.29 is 18.0 Å². The van der Waals surface area contributed by atoms with Gasteiger partial charge in [0.05, 0.1) is 18.0 Å². The van der Waals surface area contributed by atoms with Gasteiger partial charge in [0.1, 0.15) is 11.5 Å². The first-order chi connectivity index (χ1) is 12.9. The molecule has 1 aliphatic heterocycles. The number of alkyl halides is 3. The van der Waals surface area contributed by atoms with Crippen LogP contribution in [0, 0.1) is 0 Å². The van der Waals surface area contributed by atoms with Crippen molar-refractivity contribution in [3.63, 3.8) is 0 Å². The lowest BCUT2D eigenvalue weighted by molar-refractivity contribution is -0.137. The highest BCUT2D eigenvalue weighted by molar-refractivity contribution is 5.92. The fraction of sp³-hybridized carbons (Fsp3) is 0.389. The zero-order valence-corrected chi connectivity index (χ0v) is 14.8. The number of benzene rings is 1. The van der Waals surface area contributed by atoms with Gasteiger partial charge < -0.3 is 15.1 Å². The topological polar surface area (TPSA) is 61.4 Å². The van der Waals surface area contributed by atoms with Crippen LogP contribution in [0.5, 0.6) is 0 Å². The Hall–Kier alpha value is -2.68. The van der Waals surface area contributed by atoms with Crippen LogP contribution in [0.15, 0.2) is 36.7 Å². The molecule has 0 radical (unpaired) electrons. The predicted octanol–water partition coefficient (Wildman–Crippen LogP) is 3.02. The Kier molecular flexibility index (Phi) is 5.59. The van der Waals surface area contributed by atoms with E-state index in [1.807, 2.05) is 0 Å². The highest BCUT2D eigenvalue weighted by Crippen LogP contribution is 2.30. The molecule has 1 N–H and O–H groups in total. The van der Waals surface area contributed by atoms with Gasteiger partial charge in [-0.3, -0.25) is 4.79 Å². The van der Waals surface area contributed by atoms with E-state index >= 15 is 0 Å². The van der Waals surface area contributed by atoms with Gasteiger partial charge >= 0.3 is 6.18 Å². The monoisotopic (exact) mass is 379 g/mol. The van der Waals surface area contributed by atoms with Gasteiger partial charge in [0.15, 0.2) is 0 Å². The van der Waals surface area contributed by atoms with Gasteiger partial charge in [0.25, 0.3) is 5.91 Å². The van der Waals surface area contributed by atoms with E-state index in [1.54, 1.807) is 4.90 Å². The Bertz CT molecular complexity index is 769. The van der Waals surface area contributed by atoms with Crippen LogP contribution in [0.3, 0.4) is 0 Å². The van der Waals surface area contributed by atoms with Crippen LogP contribution < -0.4 is 5.32 Å². The second-order valence-electron chi connectivity index (χ2n) is 6.21. The minimum absolute atomic E-state index is 0.167. The molecule has 6 nitrogen and oxygen atoms in total. The second-order valence-corrected chi connectivity index (χ2v) is 6.21. The third-order valence-electron chi connectivity index (χ3n) is 4.46. The van der Waals surface area contributed by atoms with E-state index in [0.717, 1.165) is 31.8 Å². The third kappa shape index (κ3) is 4.73. The lowest BCUT2D eigenvalue weighted by Crippen LogP contribution is -2.48. The highest BCUT2D eigenvalue weighted by atomic mass is 19.4. The van der Waals surface area contributed by atoms with Crippen LogP contribution in [-0.2, 0) is 6.18 Å². The number of amides is 1. The molecule has 0 unspecified atom stereocenters. The van der Waals surface area contributed by atoms with Crippen molar-refractivity contribution in [1.29, 1.82) is 0 Å². The molecular weight excluding hydrogens is 359 g/mol.